The lowest BCUT2D eigenvalue weighted by atomic mass is 10.2. The van der Waals surface area contributed by atoms with E-state index in [0.29, 0.717) is 22.3 Å². The Balaban J connectivity index is 1.61. The summed E-state index contributed by atoms with van der Waals surface area (Å²) in [6, 6.07) is 7.74. The van der Waals surface area contributed by atoms with Gasteiger partial charge in [0.2, 0.25) is 5.91 Å². The van der Waals surface area contributed by atoms with Gasteiger partial charge >= 0.3 is 0 Å². The molecule has 0 bridgehead atoms. The second-order valence-electron chi connectivity index (χ2n) is 6.53. The van der Waals surface area contributed by atoms with Gasteiger partial charge in [0.1, 0.15) is 0 Å². The van der Waals surface area contributed by atoms with Gasteiger partial charge in [-0.15, -0.1) is 0 Å². The number of benzene rings is 1. The summed E-state index contributed by atoms with van der Waals surface area (Å²) in [7, 11) is 0. The molecule has 0 aliphatic heterocycles. The molecule has 6 heteroatoms. The molecule has 3 rings (SSSR count). The van der Waals surface area contributed by atoms with E-state index in [-0.39, 0.29) is 18.4 Å². The van der Waals surface area contributed by atoms with Crippen LogP contribution in [-0.4, -0.2) is 22.9 Å². The van der Waals surface area contributed by atoms with Gasteiger partial charge < -0.3 is 15.2 Å². The predicted molar refractivity (Wildman–Crippen MR) is 99.3 cm³/mol. The minimum Gasteiger partial charge on any atom is -0.345 e. The van der Waals surface area contributed by atoms with Crippen molar-refractivity contribution in [3.8, 4) is 0 Å². The van der Waals surface area contributed by atoms with E-state index in [1.807, 2.05) is 26.8 Å². The summed E-state index contributed by atoms with van der Waals surface area (Å²) >= 11 is 6.05. The van der Waals surface area contributed by atoms with Crippen molar-refractivity contribution in [3.63, 3.8) is 0 Å². The molecule has 1 aromatic heterocycles. The van der Waals surface area contributed by atoms with E-state index in [1.54, 1.807) is 18.2 Å². The molecule has 1 heterocycles. The number of nitrogens with one attached hydrogen (secondary N) is 2. The highest BCUT2D eigenvalue weighted by atomic mass is 35.5. The molecule has 1 saturated carbocycles. The molecule has 25 heavy (non-hydrogen) atoms. The number of carbonyl (C=O) groups excluding carboxylic acids is 2. The molecule has 132 valence electrons. The zero-order valence-corrected chi connectivity index (χ0v) is 15.4. The first-order chi connectivity index (χ1) is 11.9. The number of halogens is 1. The molecular formula is C19H22ClN3O2. The van der Waals surface area contributed by atoms with E-state index in [2.05, 4.69) is 15.2 Å². The summed E-state index contributed by atoms with van der Waals surface area (Å²) in [6.45, 7) is 5.72. The highest BCUT2D eigenvalue weighted by Gasteiger charge is 2.28. The Hall–Kier alpha value is -2.27. The largest absolute Gasteiger partial charge is 0.345 e. The third-order valence-corrected chi connectivity index (χ3v) is 5.00. The van der Waals surface area contributed by atoms with E-state index < -0.39 is 0 Å². The van der Waals surface area contributed by atoms with Crippen LogP contribution in [0.15, 0.2) is 24.3 Å². The fourth-order valence-corrected chi connectivity index (χ4v) is 3.27. The van der Waals surface area contributed by atoms with Gasteiger partial charge in [-0.05, 0) is 57.4 Å². The fraction of sp³-hybridized carbons (Fsp3) is 0.368. The van der Waals surface area contributed by atoms with Crippen molar-refractivity contribution in [2.24, 2.45) is 0 Å². The number of hydrogen-bond donors (Lipinski definition) is 2. The monoisotopic (exact) mass is 359 g/mol. The lowest BCUT2D eigenvalue weighted by molar-refractivity contribution is -0.115. The molecule has 0 unspecified atom stereocenters. The van der Waals surface area contributed by atoms with Crippen LogP contribution in [0.3, 0.4) is 0 Å². The predicted octanol–water partition coefficient (Wildman–Crippen LogP) is 3.77. The summed E-state index contributed by atoms with van der Waals surface area (Å²) < 4.78 is 2.21. The third kappa shape index (κ3) is 3.71. The van der Waals surface area contributed by atoms with Crippen LogP contribution in [0.2, 0.25) is 5.02 Å². The second-order valence-corrected chi connectivity index (χ2v) is 6.94. The van der Waals surface area contributed by atoms with Gasteiger partial charge in [0.15, 0.2) is 0 Å². The summed E-state index contributed by atoms with van der Waals surface area (Å²) in [5.41, 5.74) is 4.14. The molecule has 1 aliphatic rings. The van der Waals surface area contributed by atoms with Crippen LogP contribution < -0.4 is 10.6 Å². The maximum absolute atomic E-state index is 12.4. The summed E-state index contributed by atoms with van der Waals surface area (Å²) in [5.74, 6) is -0.507. The average molecular weight is 360 g/mol. The van der Waals surface area contributed by atoms with Crippen LogP contribution in [0.25, 0.3) is 0 Å². The van der Waals surface area contributed by atoms with Crippen LogP contribution in [0.5, 0.6) is 0 Å². The minimum absolute atomic E-state index is 0.0854. The Morgan fingerprint density at radius 1 is 1.24 bits per heavy atom. The zero-order valence-electron chi connectivity index (χ0n) is 14.6. The molecule has 5 nitrogen and oxygen atoms in total. The first kappa shape index (κ1) is 17.5. The Labute approximate surface area is 152 Å². The Bertz CT molecular complexity index is 837. The molecule has 0 spiro atoms. The van der Waals surface area contributed by atoms with Crippen LogP contribution in [-0.2, 0) is 4.79 Å². The van der Waals surface area contributed by atoms with Crippen molar-refractivity contribution >= 4 is 29.1 Å². The normalized spacial score (nSPS) is 13.6. The number of carbonyl (C=O) groups is 2. The average Bonchev–Trinajstić information content (AvgIpc) is 3.35. The smallest absolute Gasteiger partial charge is 0.253 e. The summed E-state index contributed by atoms with van der Waals surface area (Å²) in [5, 5.41) is 6.06. The van der Waals surface area contributed by atoms with E-state index in [9.17, 15) is 9.59 Å². The van der Waals surface area contributed by atoms with Crippen molar-refractivity contribution in [2.45, 2.75) is 39.7 Å². The lowest BCUT2D eigenvalue weighted by Gasteiger charge is -2.10. The minimum atomic E-state index is -0.283. The molecule has 1 aromatic carbocycles. The van der Waals surface area contributed by atoms with Crippen LogP contribution in [0.1, 0.15) is 46.2 Å². The highest BCUT2D eigenvalue weighted by molar-refractivity contribution is 6.31. The Morgan fingerprint density at radius 3 is 2.64 bits per heavy atom. The van der Waals surface area contributed by atoms with Crippen molar-refractivity contribution in [1.82, 2.24) is 9.88 Å². The SMILES string of the molecule is Cc1c(Cl)cccc1NC(=O)CNC(=O)c1cc(C)n(C2CC2)c1C. The molecular weight excluding hydrogens is 338 g/mol. The van der Waals surface area contributed by atoms with Gasteiger partial charge in [0.25, 0.3) is 5.91 Å². The number of hydrogen-bond acceptors (Lipinski definition) is 2. The van der Waals surface area contributed by atoms with Crippen LogP contribution >= 0.6 is 11.6 Å². The van der Waals surface area contributed by atoms with Crippen LogP contribution in [0, 0.1) is 20.8 Å². The molecule has 2 aromatic rings. The highest BCUT2D eigenvalue weighted by Crippen LogP contribution is 2.38. The molecule has 0 atom stereocenters. The quantitative estimate of drug-likeness (QED) is 0.853. The first-order valence-corrected chi connectivity index (χ1v) is 8.78. The Kier molecular flexibility index (Phi) is 4.86. The molecule has 0 radical (unpaired) electrons. The summed E-state index contributed by atoms with van der Waals surface area (Å²) in [6.07, 6.45) is 2.33. The number of nitrogens with zero attached hydrogens (tertiary/aromatic N) is 1. The lowest BCUT2D eigenvalue weighted by Crippen LogP contribution is -2.33. The van der Waals surface area contributed by atoms with Crippen molar-refractivity contribution < 1.29 is 9.59 Å². The van der Waals surface area contributed by atoms with Gasteiger partial charge in [0, 0.05) is 28.1 Å². The van der Waals surface area contributed by atoms with E-state index in [4.69, 9.17) is 11.6 Å². The van der Waals surface area contributed by atoms with Gasteiger partial charge in [0.05, 0.1) is 12.1 Å². The molecule has 1 aliphatic carbocycles. The van der Waals surface area contributed by atoms with E-state index in [0.717, 1.165) is 17.0 Å². The molecule has 0 saturated heterocycles. The Morgan fingerprint density at radius 2 is 1.96 bits per heavy atom. The second kappa shape index (κ2) is 6.92. The van der Waals surface area contributed by atoms with Crippen molar-refractivity contribution in [2.75, 3.05) is 11.9 Å². The molecule has 2 amide bonds. The maximum Gasteiger partial charge on any atom is 0.253 e. The topological polar surface area (TPSA) is 63.1 Å². The van der Waals surface area contributed by atoms with E-state index >= 15 is 0 Å². The third-order valence-electron chi connectivity index (χ3n) is 4.59. The maximum atomic E-state index is 12.4. The summed E-state index contributed by atoms with van der Waals surface area (Å²) in [4.78, 5) is 24.5. The number of rotatable bonds is 5. The first-order valence-electron chi connectivity index (χ1n) is 8.40. The van der Waals surface area contributed by atoms with Crippen LogP contribution in [0.4, 0.5) is 5.69 Å². The standard InChI is InChI=1S/C19H22ClN3O2/c1-11-9-15(13(3)23(11)14-7-8-14)19(25)21-10-18(24)22-17-6-4-5-16(20)12(17)2/h4-6,9,14H,7-8,10H2,1-3H3,(H,21,25)(H,22,24). The van der Waals surface area contributed by atoms with Gasteiger partial charge in [-0.25, -0.2) is 0 Å². The molecule has 2 N–H and O–H groups in total. The number of amides is 2. The number of anilines is 1. The zero-order chi connectivity index (χ0) is 18.1. The van der Waals surface area contributed by atoms with Gasteiger partial charge in [-0.3, -0.25) is 9.59 Å². The van der Waals surface area contributed by atoms with Crippen molar-refractivity contribution in [3.05, 3.63) is 51.8 Å². The number of aromatic nitrogens is 1. The van der Waals surface area contributed by atoms with Crippen molar-refractivity contribution in [1.29, 1.82) is 0 Å². The number of aryl methyl sites for hydroxylation is 1. The fourth-order valence-electron chi connectivity index (χ4n) is 3.09. The van der Waals surface area contributed by atoms with Gasteiger partial charge in [-0.1, -0.05) is 17.7 Å². The van der Waals surface area contributed by atoms with Gasteiger partial charge in [-0.2, -0.15) is 0 Å². The molecule has 1 fully saturated rings. The van der Waals surface area contributed by atoms with E-state index in [1.165, 1.54) is 12.8 Å².